The van der Waals surface area contributed by atoms with Gasteiger partial charge in [-0.05, 0) is 38.5 Å². The normalized spacial score (nSPS) is 15.8. The predicted molar refractivity (Wildman–Crippen MR) is 70.7 cm³/mol. The Balaban J connectivity index is 3.10. The molecule has 0 amide bonds. The third-order valence-electron chi connectivity index (χ3n) is 2.91. The molecule has 0 fully saturated rings. The van der Waals surface area contributed by atoms with Gasteiger partial charge in [0, 0.05) is 12.1 Å². The van der Waals surface area contributed by atoms with Crippen molar-refractivity contribution in [2.24, 2.45) is 0 Å². The molecule has 1 rings (SSSR count). The van der Waals surface area contributed by atoms with Crippen molar-refractivity contribution in [3.63, 3.8) is 0 Å². The molecule has 0 aliphatic rings. The summed E-state index contributed by atoms with van der Waals surface area (Å²) in [5, 5.41) is 12.8. The number of alkyl halides is 3. The average molecular weight is 291 g/mol. The van der Waals surface area contributed by atoms with E-state index in [1.807, 2.05) is 0 Å². The lowest BCUT2D eigenvalue weighted by molar-refractivity contribution is -0.265. The summed E-state index contributed by atoms with van der Waals surface area (Å²) in [7, 11) is 1.42. The molecule has 0 aliphatic carbocycles. The fourth-order valence-electron chi connectivity index (χ4n) is 1.63. The number of methoxy groups -OCH3 is 1. The summed E-state index contributed by atoms with van der Waals surface area (Å²) in [5.74, 6) is 0.432. The number of ether oxygens (including phenoxy) is 1. The summed E-state index contributed by atoms with van der Waals surface area (Å²) in [5.41, 5.74) is -3.69. The number of nitrogens with one attached hydrogen (secondary N) is 1. The van der Waals surface area contributed by atoms with Crippen LogP contribution in [-0.2, 0) is 5.60 Å². The van der Waals surface area contributed by atoms with Crippen LogP contribution in [0.2, 0.25) is 0 Å². The molecule has 114 valence electrons. The Morgan fingerprint density at radius 2 is 1.60 bits per heavy atom. The van der Waals surface area contributed by atoms with Gasteiger partial charge in [0.05, 0.1) is 7.11 Å². The van der Waals surface area contributed by atoms with Crippen LogP contribution in [0.15, 0.2) is 24.3 Å². The first-order valence-corrected chi connectivity index (χ1v) is 6.18. The lowest BCUT2D eigenvalue weighted by atomic mass is 9.91. The van der Waals surface area contributed by atoms with Crippen LogP contribution in [0.5, 0.6) is 5.75 Å². The van der Waals surface area contributed by atoms with E-state index in [0.29, 0.717) is 5.75 Å². The van der Waals surface area contributed by atoms with E-state index in [1.54, 1.807) is 20.8 Å². The van der Waals surface area contributed by atoms with E-state index in [9.17, 15) is 18.3 Å². The van der Waals surface area contributed by atoms with Gasteiger partial charge in [-0.3, -0.25) is 0 Å². The zero-order chi connectivity index (χ0) is 15.6. The Hall–Kier alpha value is -1.27. The van der Waals surface area contributed by atoms with Crippen LogP contribution in [0.1, 0.15) is 26.3 Å². The summed E-state index contributed by atoms with van der Waals surface area (Å²) in [6.45, 7) is 4.58. The molecular weight excluding hydrogens is 271 g/mol. The van der Waals surface area contributed by atoms with Crippen LogP contribution in [0, 0.1) is 0 Å². The second kappa shape index (κ2) is 5.61. The first-order chi connectivity index (χ1) is 8.99. The first kappa shape index (κ1) is 16.8. The molecule has 1 atom stereocenters. The van der Waals surface area contributed by atoms with E-state index in [0.717, 1.165) is 0 Å². The van der Waals surface area contributed by atoms with Crippen molar-refractivity contribution in [1.29, 1.82) is 0 Å². The highest BCUT2D eigenvalue weighted by Gasteiger charge is 2.55. The van der Waals surface area contributed by atoms with Crippen molar-refractivity contribution in [3.05, 3.63) is 29.8 Å². The number of β-amino-alcohol motifs (C(OH)–C–C–N with tert-alkyl or cyclic N) is 1. The van der Waals surface area contributed by atoms with Gasteiger partial charge in [-0.1, -0.05) is 12.1 Å². The van der Waals surface area contributed by atoms with Gasteiger partial charge in [0.15, 0.2) is 5.60 Å². The Morgan fingerprint density at radius 3 is 1.95 bits per heavy atom. The molecule has 6 heteroatoms. The van der Waals surface area contributed by atoms with Gasteiger partial charge in [0.2, 0.25) is 0 Å². The van der Waals surface area contributed by atoms with Crippen LogP contribution in [0.25, 0.3) is 0 Å². The van der Waals surface area contributed by atoms with Gasteiger partial charge in [0.1, 0.15) is 5.75 Å². The number of rotatable bonds is 4. The summed E-state index contributed by atoms with van der Waals surface area (Å²) in [6, 6.07) is 5.22. The Morgan fingerprint density at radius 1 is 1.10 bits per heavy atom. The highest BCUT2D eigenvalue weighted by molar-refractivity contribution is 5.32. The molecule has 0 aliphatic heterocycles. The standard InChI is InChI=1S/C14H20F3NO2/c1-12(2,3)18-9-13(19,14(15,16)17)10-5-7-11(20-4)8-6-10/h5-8,18-19H,9H2,1-4H3. The fourth-order valence-corrected chi connectivity index (χ4v) is 1.63. The smallest absolute Gasteiger partial charge is 0.422 e. The van der Waals surface area contributed by atoms with Crippen molar-refractivity contribution in [1.82, 2.24) is 5.32 Å². The molecule has 20 heavy (non-hydrogen) atoms. The van der Waals surface area contributed by atoms with Crippen molar-refractivity contribution in [2.45, 2.75) is 38.1 Å². The van der Waals surface area contributed by atoms with Crippen LogP contribution < -0.4 is 10.1 Å². The maximum absolute atomic E-state index is 13.2. The van der Waals surface area contributed by atoms with E-state index in [4.69, 9.17) is 4.74 Å². The van der Waals surface area contributed by atoms with Crippen LogP contribution in [-0.4, -0.2) is 30.5 Å². The van der Waals surface area contributed by atoms with Crippen molar-refractivity contribution >= 4 is 0 Å². The molecule has 0 saturated heterocycles. The molecule has 0 spiro atoms. The lowest BCUT2D eigenvalue weighted by Gasteiger charge is -2.34. The molecule has 2 N–H and O–H groups in total. The Bertz CT molecular complexity index is 437. The molecule has 0 aromatic heterocycles. The molecular formula is C14H20F3NO2. The van der Waals surface area contributed by atoms with E-state index in [-0.39, 0.29) is 5.56 Å². The monoisotopic (exact) mass is 291 g/mol. The van der Waals surface area contributed by atoms with E-state index >= 15 is 0 Å². The summed E-state index contributed by atoms with van der Waals surface area (Å²) in [6.07, 6.45) is -4.78. The van der Waals surface area contributed by atoms with Crippen molar-refractivity contribution in [3.8, 4) is 5.75 Å². The van der Waals surface area contributed by atoms with Crippen LogP contribution in [0.4, 0.5) is 13.2 Å². The molecule has 1 aromatic carbocycles. The second-order valence-electron chi connectivity index (χ2n) is 5.69. The molecule has 0 radical (unpaired) electrons. The minimum absolute atomic E-state index is 0.220. The van der Waals surface area contributed by atoms with Gasteiger partial charge < -0.3 is 15.2 Å². The quantitative estimate of drug-likeness (QED) is 0.896. The van der Waals surface area contributed by atoms with Crippen molar-refractivity contribution in [2.75, 3.05) is 13.7 Å². The zero-order valence-electron chi connectivity index (χ0n) is 12.0. The largest absolute Gasteiger partial charge is 0.497 e. The lowest BCUT2D eigenvalue weighted by Crippen LogP contribution is -2.53. The maximum atomic E-state index is 13.2. The second-order valence-corrected chi connectivity index (χ2v) is 5.69. The van der Waals surface area contributed by atoms with E-state index < -0.39 is 23.9 Å². The fraction of sp³-hybridized carbons (Fsp3) is 0.571. The SMILES string of the molecule is COc1ccc(C(O)(CNC(C)(C)C)C(F)(F)F)cc1. The Kier molecular flexibility index (Phi) is 4.71. The maximum Gasteiger partial charge on any atom is 0.422 e. The molecule has 0 bridgehead atoms. The summed E-state index contributed by atoms with van der Waals surface area (Å²) in [4.78, 5) is 0. The van der Waals surface area contributed by atoms with Crippen molar-refractivity contribution < 1.29 is 23.0 Å². The molecule has 1 unspecified atom stereocenters. The topological polar surface area (TPSA) is 41.5 Å². The molecule has 3 nitrogen and oxygen atoms in total. The number of hydrogen-bond acceptors (Lipinski definition) is 3. The Labute approximate surface area is 116 Å². The van der Waals surface area contributed by atoms with Gasteiger partial charge in [0.25, 0.3) is 0 Å². The van der Waals surface area contributed by atoms with E-state index in [1.165, 1.54) is 31.4 Å². The first-order valence-electron chi connectivity index (χ1n) is 6.18. The minimum Gasteiger partial charge on any atom is -0.497 e. The van der Waals surface area contributed by atoms with Gasteiger partial charge in [-0.25, -0.2) is 0 Å². The van der Waals surface area contributed by atoms with Crippen LogP contribution in [0.3, 0.4) is 0 Å². The van der Waals surface area contributed by atoms with Crippen LogP contribution >= 0.6 is 0 Å². The predicted octanol–water partition coefficient (Wildman–Crippen LogP) is 2.83. The summed E-state index contributed by atoms with van der Waals surface area (Å²) >= 11 is 0. The van der Waals surface area contributed by atoms with Gasteiger partial charge >= 0.3 is 6.18 Å². The summed E-state index contributed by atoms with van der Waals surface area (Å²) < 4.78 is 44.6. The number of halogens is 3. The van der Waals surface area contributed by atoms with Gasteiger partial charge in [-0.2, -0.15) is 13.2 Å². The molecule has 1 aromatic rings. The number of aliphatic hydroxyl groups is 1. The highest BCUT2D eigenvalue weighted by Crippen LogP contribution is 2.39. The van der Waals surface area contributed by atoms with E-state index in [2.05, 4.69) is 5.32 Å². The number of hydrogen-bond donors (Lipinski definition) is 2. The third-order valence-corrected chi connectivity index (χ3v) is 2.91. The molecule has 0 saturated carbocycles. The van der Waals surface area contributed by atoms with Gasteiger partial charge in [-0.15, -0.1) is 0 Å². The highest BCUT2D eigenvalue weighted by atomic mass is 19.4. The minimum atomic E-state index is -4.78. The third kappa shape index (κ3) is 3.86. The average Bonchev–Trinajstić information content (AvgIpc) is 2.34. The number of benzene rings is 1. The molecule has 0 heterocycles. The zero-order valence-corrected chi connectivity index (χ0v) is 12.0.